The summed E-state index contributed by atoms with van der Waals surface area (Å²) in [5, 5.41) is 0.517. The average molecular weight is 425 g/mol. The van der Waals surface area contributed by atoms with E-state index in [1.807, 2.05) is 0 Å². The van der Waals surface area contributed by atoms with E-state index >= 15 is 0 Å². The second-order valence-corrected chi connectivity index (χ2v) is 7.23. The van der Waals surface area contributed by atoms with Gasteiger partial charge in [0.1, 0.15) is 24.2 Å². The fourth-order valence-corrected chi connectivity index (χ4v) is 3.66. The third kappa shape index (κ3) is 3.62. The summed E-state index contributed by atoms with van der Waals surface area (Å²) in [6, 6.07) is 18.5. The monoisotopic (exact) mass is 424 g/mol. The van der Waals surface area contributed by atoms with Gasteiger partial charge in [-0.25, -0.2) is 4.39 Å². The van der Waals surface area contributed by atoms with Crippen LogP contribution in [-0.4, -0.2) is 25.5 Å². The van der Waals surface area contributed by atoms with Gasteiger partial charge >= 0.3 is 0 Å². The Kier molecular flexibility index (Phi) is 5.42. The highest BCUT2D eigenvalue weighted by atomic mass is 35.5. The summed E-state index contributed by atoms with van der Waals surface area (Å²) in [4.78, 5) is 29.3. The van der Waals surface area contributed by atoms with Crippen LogP contribution in [-0.2, 0) is 9.59 Å². The zero-order valence-electron chi connectivity index (χ0n) is 16.1. The second-order valence-electron chi connectivity index (χ2n) is 6.79. The zero-order chi connectivity index (χ0) is 21.3. The molecule has 30 heavy (non-hydrogen) atoms. The van der Waals surface area contributed by atoms with Crippen LogP contribution < -0.4 is 14.5 Å². The van der Waals surface area contributed by atoms with Crippen molar-refractivity contribution in [1.29, 1.82) is 0 Å². The van der Waals surface area contributed by atoms with Crippen molar-refractivity contribution in [1.82, 2.24) is 0 Å². The number of carbonyl (C=O) groups is 2. The number of halogens is 2. The van der Waals surface area contributed by atoms with Crippen molar-refractivity contribution in [2.45, 2.75) is 6.04 Å². The highest BCUT2D eigenvalue weighted by Crippen LogP contribution is 2.36. The predicted octanol–water partition coefficient (Wildman–Crippen LogP) is 4.61. The molecule has 0 spiro atoms. The Morgan fingerprint density at radius 2 is 1.63 bits per heavy atom. The number of nitrogens with zero attached hydrogens (tertiary/aromatic N) is 2. The topological polar surface area (TPSA) is 49.9 Å². The Morgan fingerprint density at radius 3 is 2.27 bits per heavy atom. The molecule has 1 saturated heterocycles. The molecular formula is C23H18ClFN2O3. The maximum Gasteiger partial charge on any atom is 0.255 e. The molecular weight excluding hydrogens is 407 g/mol. The summed E-state index contributed by atoms with van der Waals surface area (Å²) in [6.07, 6.45) is 0. The van der Waals surface area contributed by atoms with E-state index in [2.05, 4.69) is 0 Å². The molecule has 4 rings (SSSR count). The maximum absolute atomic E-state index is 14.4. The Balaban J connectivity index is 1.82. The van der Waals surface area contributed by atoms with Crippen LogP contribution in [0.5, 0.6) is 5.75 Å². The molecule has 1 heterocycles. The van der Waals surface area contributed by atoms with Gasteiger partial charge in [-0.1, -0.05) is 35.9 Å². The molecule has 0 aromatic heterocycles. The lowest BCUT2D eigenvalue weighted by Gasteiger charge is -2.40. The van der Waals surface area contributed by atoms with Crippen LogP contribution in [0.2, 0.25) is 5.02 Å². The predicted molar refractivity (Wildman–Crippen MR) is 113 cm³/mol. The number of hydrogen-bond acceptors (Lipinski definition) is 3. The molecule has 1 unspecified atom stereocenters. The van der Waals surface area contributed by atoms with Crippen LogP contribution in [0.25, 0.3) is 0 Å². The van der Waals surface area contributed by atoms with Crippen molar-refractivity contribution in [3.63, 3.8) is 0 Å². The van der Waals surface area contributed by atoms with Crippen LogP contribution in [0.3, 0.4) is 0 Å². The van der Waals surface area contributed by atoms with Crippen molar-refractivity contribution in [2.75, 3.05) is 23.5 Å². The van der Waals surface area contributed by atoms with Crippen molar-refractivity contribution < 1.29 is 18.7 Å². The molecule has 1 atom stereocenters. The number of hydrogen-bond donors (Lipinski definition) is 0. The molecule has 0 bridgehead atoms. The van der Waals surface area contributed by atoms with Crippen LogP contribution in [0.4, 0.5) is 15.8 Å². The van der Waals surface area contributed by atoms with Gasteiger partial charge in [0, 0.05) is 10.7 Å². The summed E-state index contributed by atoms with van der Waals surface area (Å²) in [7, 11) is 1.55. The SMILES string of the molecule is COc1ccc(C2C(=O)N(c3ccccc3F)CC(=O)N2c2ccc(Cl)cc2)cc1. The first-order valence-corrected chi connectivity index (χ1v) is 9.65. The van der Waals surface area contributed by atoms with Gasteiger partial charge in [0.2, 0.25) is 5.91 Å². The quantitative estimate of drug-likeness (QED) is 0.614. The van der Waals surface area contributed by atoms with E-state index in [9.17, 15) is 14.0 Å². The minimum absolute atomic E-state index is 0.0742. The first kappa shape index (κ1) is 19.9. The lowest BCUT2D eigenvalue weighted by molar-refractivity contribution is -0.128. The Hall–Kier alpha value is -3.38. The molecule has 1 aliphatic heterocycles. The standard InChI is InChI=1S/C23H18ClFN2O3/c1-30-18-12-6-15(7-13-18)22-23(29)26(20-5-3-2-4-19(20)25)14-21(28)27(22)17-10-8-16(24)9-11-17/h2-13,22H,14H2,1H3. The van der Waals surface area contributed by atoms with Crippen molar-refractivity contribution >= 4 is 34.8 Å². The Morgan fingerprint density at radius 1 is 0.967 bits per heavy atom. The molecule has 3 aromatic rings. The van der Waals surface area contributed by atoms with Gasteiger partial charge in [-0.15, -0.1) is 0 Å². The molecule has 1 fully saturated rings. The average Bonchev–Trinajstić information content (AvgIpc) is 2.76. The van der Waals surface area contributed by atoms with Gasteiger partial charge < -0.3 is 4.74 Å². The fourth-order valence-electron chi connectivity index (χ4n) is 3.54. The van der Waals surface area contributed by atoms with Crippen LogP contribution in [0.15, 0.2) is 72.8 Å². The number of rotatable bonds is 4. The number of carbonyl (C=O) groups excluding carboxylic acids is 2. The number of piperazine rings is 1. The van der Waals surface area contributed by atoms with Gasteiger partial charge in [0.05, 0.1) is 12.8 Å². The smallest absolute Gasteiger partial charge is 0.255 e. The van der Waals surface area contributed by atoms with E-state index in [0.29, 0.717) is 22.0 Å². The molecule has 2 amide bonds. The molecule has 0 aliphatic carbocycles. The van der Waals surface area contributed by atoms with Crippen molar-refractivity contribution in [3.8, 4) is 5.75 Å². The third-order valence-electron chi connectivity index (χ3n) is 5.00. The molecule has 0 saturated carbocycles. The number of benzene rings is 3. The maximum atomic E-state index is 14.4. The van der Waals surface area contributed by atoms with Gasteiger partial charge in [-0.3, -0.25) is 19.4 Å². The van der Waals surface area contributed by atoms with E-state index in [4.69, 9.17) is 16.3 Å². The molecule has 0 N–H and O–H groups in total. The highest BCUT2D eigenvalue weighted by Gasteiger charge is 2.42. The molecule has 0 radical (unpaired) electrons. The molecule has 152 valence electrons. The second kappa shape index (κ2) is 8.16. The van der Waals surface area contributed by atoms with E-state index in [1.165, 1.54) is 28.0 Å². The minimum atomic E-state index is -0.960. The van der Waals surface area contributed by atoms with Crippen LogP contribution >= 0.6 is 11.6 Å². The van der Waals surface area contributed by atoms with E-state index in [1.54, 1.807) is 61.7 Å². The third-order valence-corrected chi connectivity index (χ3v) is 5.25. The summed E-state index contributed by atoms with van der Waals surface area (Å²) >= 11 is 5.99. The molecule has 5 nitrogen and oxygen atoms in total. The minimum Gasteiger partial charge on any atom is -0.497 e. The van der Waals surface area contributed by atoms with E-state index < -0.39 is 17.8 Å². The number of ether oxygens (including phenoxy) is 1. The lowest BCUT2D eigenvalue weighted by atomic mass is 9.99. The first-order chi connectivity index (χ1) is 14.5. The van der Waals surface area contributed by atoms with E-state index in [-0.39, 0.29) is 18.1 Å². The number of methoxy groups -OCH3 is 1. The first-order valence-electron chi connectivity index (χ1n) is 9.27. The zero-order valence-corrected chi connectivity index (χ0v) is 16.8. The fraction of sp³-hybridized carbons (Fsp3) is 0.130. The van der Waals surface area contributed by atoms with E-state index in [0.717, 1.165) is 0 Å². The van der Waals surface area contributed by atoms with Crippen molar-refractivity contribution in [2.24, 2.45) is 0 Å². The number of amides is 2. The number of para-hydroxylation sites is 1. The van der Waals surface area contributed by atoms with Gasteiger partial charge in [0.25, 0.3) is 5.91 Å². The highest BCUT2D eigenvalue weighted by molar-refractivity contribution is 6.30. The number of anilines is 2. The van der Waals surface area contributed by atoms with Gasteiger partial charge in [-0.05, 0) is 54.1 Å². The lowest BCUT2D eigenvalue weighted by Crippen LogP contribution is -2.56. The molecule has 1 aliphatic rings. The summed E-state index contributed by atoms with van der Waals surface area (Å²) in [6.45, 7) is -0.269. The largest absolute Gasteiger partial charge is 0.497 e. The summed E-state index contributed by atoms with van der Waals surface area (Å²) in [5.41, 5.74) is 1.20. The van der Waals surface area contributed by atoms with Gasteiger partial charge in [-0.2, -0.15) is 0 Å². The molecule has 3 aromatic carbocycles. The Labute approximate surface area is 178 Å². The van der Waals surface area contributed by atoms with Gasteiger partial charge in [0.15, 0.2) is 0 Å². The summed E-state index contributed by atoms with van der Waals surface area (Å²) < 4.78 is 19.6. The van der Waals surface area contributed by atoms with Crippen LogP contribution in [0, 0.1) is 5.82 Å². The normalized spacial score (nSPS) is 16.7. The summed E-state index contributed by atoms with van der Waals surface area (Å²) in [5.74, 6) is -0.676. The van der Waals surface area contributed by atoms with Crippen LogP contribution in [0.1, 0.15) is 11.6 Å². The molecule has 7 heteroatoms. The Bertz CT molecular complexity index is 1090. The van der Waals surface area contributed by atoms with Crippen molar-refractivity contribution in [3.05, 3.63) is 89.2 Å².